The van der Waals surface area contributed by atoms with Crippen LogP contribution in [0, 0.1) is 17.9 Å². The summed E-state index contributed by atoms with van der Waals surface area (Å²) in [5.41, 5.74) is 5.33. The Bertz CT molecular complexity index is 1130. The second-order valence-electron chi connectivity index (χ2n) is 8.33. The zero-order valence-corrected chi connectivity index (χ0v) is 18.6. The molecule has 0 fully saturated rings. The average molecular weight is 422 g/mol. The first-order valence-corrected chi connectivity index (χ1v) is 11.1. The smallest absolute Gasteiger partial charge is 0.265 e. The van der Waals surface area contributed by atoms with Crippen LogP contribution in [0.2, 0.25) is 0 Å². The van der Waals surface area contributed by atoms with E-state index in [2.05, 4.69) is 78.2 Å². The molecule has 0 amide bonds. The molecule has 160 valence electrons. The molecular weight excluding hydrogens is 394 g/mol. The van der Waals surface area contributed by atoms with Crippen LogP contribution >= 0.6 is 0 Å². The zero-order valence-electron chi connectivity index (χ0n) is 18.6. The summed E-state index contributed by atoms with van der Waals surface area (Å²) in [4.78, 5) is 5.78. The molecule has 1 aliphatic heterocycles. The van der Waals surface area contributed by atoms with Crippen molar-refractivity contribution in [2.45, 2.75) is 38.7 Å². The van der Waals surface area contributed by atoms with Gasteiger partial charge in [0.25, 0.3) is 5.70 Å². The second kappa shape index (κ2) is 9.16. The molecule has 2 aromatic rings. The number of fused-ring (bicyclic) bond motifs is 1. The van der Waals surface area contributed by atoms with E-state index in [0.29, 0.717) is 12.2 Å². The Morgan fingerprint density at radius 1 is 1.06 bits per heavy atom. The molecule has 0 saturated carbocycles. The molecule has 2 aromatic carbocycles. The Kier molecular flexibility index (Phi) is 6.15. The van der Waals surface area contributed by atoms with Crippen molar-refractivity contribution in [1.29, 1.82) is 5.26 Å². The van der Waals surface area contributed by atoms with Crippen molar-refractivity contribution in [2.75, 3.05) is 18.0 Å². The molecule has 32 heavy (non-hydrogen) atoms. The van der Waals surface area contributed by atoms with Crippen molar-refractivity contribution in [1.82, 2.24) is 0 Å². The van der Waals surface area contributed by atoms with Crippen molar-refractivity contribution in [3.63, 3.8) is 0 Å². The zero-order chi connectivity index (χ0) is 22.6. The van der Waals surface area contributed by atoms with Gasteiger partial charge in [-0.3, -0.25) is 0 Å². The van der Waals surface area contributed by atoms with Gasteiger partial charge in [0.05, 0.1) is 12.6 Å². The van der Waals surface area contributed by atoms with E-state index in [1.165, 1.54) is 16.8 Å². The van der Waals surface area contributed by atoms with Gasteiger partial charge in [0.15, 0.2) is 0 Å². The Balaban J connectivity index is 1.62. The van der Waals surface area contributed by atoms with Gasteiger partial charge in [0.2, 0.25) is 0 Å². The van der Waals surface area contributed by atoms with Gasteiger partial charge in [0, 0.05) is 38.0 Å². The Morgan fingerprint density at radius 2 is 1.72 bits per heavy atom. The highest BCUT2D eigenvalue weighted by atomic mass is 16.5. The SMILES string of the molecule is [C-]#[N+]C(C#N)=C1C=C(C=Cc2ccc(N(CC)CC)cc2)OC2(C1)Cc1ccccc1C2. The van der Waals surface area contributed by atoms with Gasteiger partial charge in [-0.1, -0.05) is 42.5 Å². The van der Waals surface area contributed by atoms with E-state index in [-0.39, 0.29) is 5.70 Å². The number of nitriles is 1. The Labute approximate surface area is 190 Å². The van der Waals surface area contributed by atoms with E-state index in [1.54, 1.807) is 0 Å². The lowest BCUT2D eigenvalue weighted by Gasteiger charge is -2.35. The van der Waals surface area contributed by atoms with E-state index in [4.69, 9.17) is 11.3 Å². The maximum atomic E-state index is 9.47. The fourth-order valence-corrected chi connectivity index (χ4v) is 4.71. The molecule has 0 bridgehead atoms. The molecule has 0 atom stereocenters. The van der Waals surface area contributed by atoms with Crippen LogP contribution in [0.3, 0.4) is 0 Å². The summed E-state index contributed by atoms with van der Waals surface area (Å²) >= 11 is 0. The molecule has 1 spiro atoms. The normalized spacial score (nSPS) is 17.8. The van der Waals surface area contributed by atoms with Gasteiger partial charge in [-0.15, -0.1) is 0 Å². The highest BCUT2D eigenvalue weighted by Crippen LogP contribution is 2.43. The molecule has 4 nitrogen and oxygen atoms in total. The van der Waals surface area contributed by atoms with Gasteiger partial charge in [-0.05, 0) is 60.4 Å². The summed E-state index contributed by atoms with van der Waals surface area (Å²) in [6, 6.07) is 18.9. The predicted octanol–water partition coefficient (Wildman–Crippen LogP) is 6.08. The summed E-state index contributed by atoms with van der Waals surface area (Å²) in [5, 5.41) is 9.47. The summed E-state index contributed by atoms with van der Waals surface area (Å²) in [6.45, 7) is 13.7. The van der Waals surface area contributed by atoms with Crippen molar-refractivity contribution in [3.8, 4) is 6.07 Å². The highest BCUT2D eigenvalue weighted by Gasteiger charge is 2.42. The topological polar surface area (TPSA) is 40.6 Å². The van der Waals surface area contributed by atoms with Crippen molar-refractivity contribution in [2.24, 2.45) is 0 Å². The standard InChI is InChI=1S/C28H27N3O/c1-4-31(5-2)25-13-10-21(11-14-25)12-15-26-16-24(27(20-29)30-3)19-28(32-26)17-22-8-6-7-9-23(22)18-28/h6-16H,4-5,17-19H2,1-2H3. The van der Waals surface area contributed by atoms with Gasteiger partial charge >= 0.3 is 0 Å². The van der Waals surface area contributed by atoms with Crippen LogP contribution in [0.25, 0.3) is 10.9 Å². The fraction of sp³-hybridized carbons (Fsp3) is 0.286. The minimum absolute atomic E-state index is 0.151. The summed E-state index contributed by atoms with van der Waals surface area (Å²) in [7, 11) is 0. The number of allylic oxidation sites excluding steroid dienone is 3. The molecule has 4 rings (SSSR count). The van der Waals surface area contributed by atoms with Crippen LogP contribution in [0.4, 0.5) is 5.69 Å². The van der Waals surface area contributed by atoms with Gasteiger partial charge in [-0.25, -0.2) is 10.1 Å². The molecule has 1 aliphatic carbocycles. The van der Waals surface area contributed by atoms with Gasteiger partial charge in [-0.2, -0.15) is 0 Å². The summed E-state index contributed by atoms with van der Waals surface area (Å²) in [6.07, 6.45) is 7.98. The molecule has 0 N–H and O–H groups in total. The number of rotatable bonds is 5. The molecule has 0 aromatic heterocycles. The third kappa shape index (κ3) is 4.32. The minimum Gasteiger partial charge on any atom is -0.486 e. The van der Waals surface area contributed by atoms with E-state index in [0.717, 1.165) is 37.1 Å². The minimum atomic E-state index is -0.438. The molecule has 2 aliphatic rings. The fourth-order valence-electron chi connectivity index (χ4n) is 4.71. The van der Waals surface area contributed by atoms with E-state index >= 15 is 0 Å². The third-order valence-electron chi connectivity index (χ3n) is 6.29. The highest BCUT2D eigenvalue weighted by molar-refractivity contribution is 5.58. The first kappa shape index (κ1) is 21.5. The lowest BCUT2D eigenvalue weighted by atomic mass is 9.87. The van der Waals surface area contributed by atoms with Crippen molar-refractivity contribution in [3.05, 3.63) is 106 Å². The van der Waals surface area contributed by atoms with E-state index < -0.39 is 5.60 Å². The number of benzene rings is 2. The lowest BCUT2D eigenvalue weighted by Crippen LogP contribution is -2.36. The maximum absolute atomic E-state index is 9.47. The van der Waals surface area contributed by atoms with Crippen LogP contribution < -0.4 is 4.90 Å². The quantitative estimate of drug-likeness (QED) is 0.434. The van der Waals surface area contributed by atoms with Gasteiger partial charge in [0.1, 0.15) is 11.4 Å². The van der Waals surface area contributed by atoms with E-state index in [1.807, 2.05) is 18.2 Å². The number of hydrogen-bond donors (Lipinski definition) is 0. The molecular formula is C28H27N3O. The molecule has 4 heteroatoms. The number of ether oxygens (including phenoxy) is 1. The summed E-state index contributed by atoms with van der Waals surface area (Å²) in [5.74, 6) is 0.697. The van der Waals surface area contributed by atoms with Crippen LogP contribution in [-0.2, 0) is 17.6 Å². The van der Waals surface area contributed by atoms with Crippen LogP contribution in [-0.4, -0.2) is 18.7 Å². The maximum Gasteiger partial charge on any atom is 0.265 e. The van der Waals surface area contributed by atoms with Gasteiger partial charge < -0.3 is 9.64 Å². The molecule has 0 radical (unpaired) electrons. The van der Waals surface area contributed by atoms with Crippen LogP contribution in [0.5, 0.6) is 0 Å². The van der Waals surface area contributed by atoms with Crippen LogP contribution in [0.15, 0.2) is 77.7 Å². The first-order chi connectivity index (χ1) is 15.6. The largest absolute Gasteiger partial charge is 0.486 e. The number of hydrogen-bond acceptors (Lipinski definition) is 3. The lowest BCUT2D eigenvalue weighted by molar-refractivity contribution is 0.0108. The van der Waals surface area contributed by atoms with Crippen LogP contribution in [0.1, 0.15) is 37.0 Å². The number of nitrogens with zero attached hydrogens (tertiary/aromatic N) is 3. The molecule has 0 unspecified atom stereocenters. The summed E-state index contributed by atoms with van der Waals surface area (Å²) < 4.78 is 6.52. The predicted molar refractivity (Wildman–Crippen MR) is 129 cm³/mol. The molecule has 0 saturated heterocycles. The third-order valence-corrected chi connectivity index (χ3v) is 6.29. The monoisotopic (exact) mass is 421 g/mol. The van der Waals surface area contributed by atoms with E-state index in [9.17, 15) is 5.26 Å². The Hall–Kier alpha value is -3.76. The first-order valence-electron chi connectivity index (χ1n) is 11.1. The Morgan fingerprint density at radius 3 is 2.28 bits per heavy atom. The second-order valence-corrected chi connectivity index (χ2v) is 8.33. The molecule has 1 heterocycles. The van der Waals surface area contributed by atoms with Crippen molar-refractivity contribution >= 4 is 11.8 Å². The average Bonchev–Trinajstić information content (AvgIpc) is 3.16. The van der Waals surface area contributed by atoms with Crippen molar-refractivity contribution < 1.29 is 4.74 Å². The number of anilines is 1.